The van der Waals surface area contributed by atoms with Gasteiger partial charge in [-0.05, 0) is 17.5 Å². The van der Waals surface area contributed by atoms with E-state index in [0.717, 1.165) is 23.6 Å². The lowest BCUT2D eigenvalue weighted by Gasteiger charge is -2.02. The maximum absolute atomic E-state index is 10.8. The van der Waals surface area contributed by atoms with Gasteiger partial charge in [-0.2, -0.15) is 4.98 Å². The third-order valence-electron chi connectivity index (χ3n) is 3.06. The summed E-state index contributed by atoms with van der Waals surface area (Å²) in [5, 5.41) is 5.02. The van der Waals surface area contributed by atoms with Crippen LogP contribution in [-0.4, -0.2) is 21.0 Å². The fourth-order valence-electron chi connectivity index (χ4n) is 2.06. The predicted molar refractivity (Wildman–Crippen MR) is 70.1 cm³/mol. The second-order valence-electron chi connectivity index (χ2n) is 4.34. The predicted octanol–water partition coefficient (Wildman–Crippen LogP) is 2.45. The van der Waals surface area contributed by atoms with Gasteiger partial charge in [0.15, 0.2) is 5.82 Å². The molecule has 0 bridgehead atoms. The molecule has 5 nitrogen and oxygen atoms in total. The highest BCUT2D eigenvalue weighted by atomic mass is 16.5. The van der Waals surface area contributed by atoms with E-state index in [1.54, 1.807) is 0 Å². The zero-order valence-corrected chi connectivity index (χ0v) is 10.5. The Balaban J connectivity index is 1.97. The second-order valence-corrected chi connectivity index (χ2v) is 4.34. The smallest absolute Gasteiger partial charge is 0.226 e. The highest BCUT2D eigenvalue weighted by Gasteiger charge is 2.08. The van der Waals surface area contributed by atoms with Crippen LogP contribution in [0.4, 0.5) is 0 Å². The van der Waals surface area contributed by atoms with Crippen LogP contribution < -0.4 is 0 Å². The van der Waals surface area contributed by atoms with Crippen LogP contribution >= 0.6 is 0 Å². The molecule has 0 atom stereocenters. The Labute approximate surface area is 109 Å². The van der Waals surface area contributed by atoms with Crippen molar-refractivity contribution in [1.82, 2.24) is 14.7 Å². The van der Waals surface area contributed by atoms with E-state index in [1.165, 1.54) is 0 Å². The SMILES string of the molecule is CCc1nc(Cn2ccc3ccc(C=O)cc32)no1. The molecule has 3 rings (SSSR count). The van der Waals surface area contributed by atoms with E-state index in [1.807, 2.05) is 42.0 Å². The van der Waals surface area contributed by atoms with Crippen LogP contribution in [0.25, 0.3) is 10.9 Å². The molecular formula is C14H13N3O2. The second kappa shape index (κ2) is 4.68. The molecule has 0 amide bonds. The molecule has 0 N–H and O–H groups in total. The summed E-state index contributed by atoms with van der Waals surface area (Å²) in [5.41, 5.74) is 1.65. The number of nitrogens with zero attached hydrogens (tertiary/aromatic N) is 3. The number of rotatable bonds is 4. The molecule has 5 heteroatoms. The number of hydrogen-bond acceptors (Lipinski definition) is 4. The fraction of sp³-hybridized carbons (Fsp3) is 0.214. The Morgan fingerprint density at radius 3 is 3.00 bits per heavy atom. The van der Waals surface area contributed by atoms with Gasteiger partial charge in [0, 0.05) is 23.7 Å². The average Bonchev–Trinajstić information content (AvgIpc) is 3.06. The Morgan fingerprint density at radius 1 is 1.37 bits per heavy atom. The standard InChI is InChI=1S/C14H13N3O2/c1-2-14-15-13(16-19-14)8-17-6-5-11-4-3-10(9-18)7-12(11)17/h3-7,9H,2,8H2,1H3. The van der Waals surface area contributed by atoms with E-state index in [2.05, 4.69) is 10.1 Å². The van der Waals surface area contributed by atoms with Gasteiger partial charge in [-0.1, -0.05) is 24.2 Å². The summed E-state index contributed by atoms with van der Waals surface area (Å²) in [6.07, 6.45) is 3.54. The van der Waals surface area contributed by atoms with Gasteiger partial charge in [-0.3, -0.25) is 4.79 Å². The molecule has 19 heavy (non-hydrogen) atoms. The molecule has 0 fully saturated rings. The van der Waals surface area contributed by atoms with Crippen LogP contribution in [0.1, 0.15) is 29.0 Å². The highest BCUT2D eigenvalue weighted by Crippen LogP contribution is 2.18. The lowest BCUT2D eigenvalue weighted by Crippen LogP contribution is -2.00. The van der Waals surface area contributed by atoms with Gasteiger partial charge in [-0.25, -0.2) is 0 Å². The van der Waals surface area contributed by atoms with Gasteiger partial charge in [0.25, 0.3) is 0 Å². The minimum absolute atomic E-state index is 0.537. The van der Waals surface area contributed by atoms with Crippen molar-refractivity contribution in [2.24, 2.45) is 0 Å². The number of carbonyl (C=O) groups excluding carboxylic acids is 1. The third-order valence-corrected chi connectivity index (χ3v) is 3.06. The maximum atomic E-state index is 10.8. The van der Waals surface area contributed by atoms with Crippen molar-refractivity contribution in [1.29, 1.82) is 0 Å². The van der Waals surface area contributed by atoms with Crippen LogP contribution in [0.15, 0.2) is 35.0 Å². The lowest BCUT2D eigenvalue weighted by molar-refractivity contribution is 0.112. The first-order valence-electron chi connectivity index (χ1n) is 6.15. The van der Waals surface area contributed by atoms with Crippen molar-refractivity contribution in [3.05, 3.63) is 47.7 Å². The molecule has 0 saturated heterocycles. The quantitative estimate of drug-likeness (QED) is 0.672. The molecule has 3 aromatic rings. The molecule has 2 aromatic heterocycles. The summed E-state index contributed by atoms with van der Waals surface area (Å²) >= 11 is 0. The summed E-state index contributed by atoms with van der Waals surface area (Å²) in [4.78, 5) is 15.1. The molecule has 2 heterocycles. The molecule has 0 aliphatic heterocycles. The summed E-state index contributed by atoms with van der Waals surface area (Å²) in [7, 11) is 0. The van der Waals surface area contributed by atoms with Crippen molar-refractivity contribution >= 4 is 17.2 Å². The zero-order valence-electron chi connectivity index (χ0n) is 10.5. The normalized spacial score (nSPS) is 11.0. The van der Waals surface area contributed by atoms with E-state index in [9.17, 15) is 4.79 Å². The fourth-order valence-corrected chi connectivity index (χ4v) is 2.06. The molecule has 0 spiro atoms. The first-order valence-corrected chi connectivity index (χ1v) is 6.15. The largest absolute Gasteiger partial charge is 0.340 e. The summed E-state index contributed by atoms with van der Waals surface area (Å²) in [5.74, 6) is 1.28. The number of aromatic nitrogens is 3. The molecule has 1 aromatic carbocycles. The Kier molecular flexibility index (Phi) is 2.87. The molecule has 0 unspecified atom stereocenters. The molecule has 0 aliphatic carbocycles. The van der Waals surface area contributed by atoms with Gasteiger partial charge in [0.1, 0.15) is 6.29 Å². The van der Waals surface area contributed by atoms with E-state index in [0.29, 0.717) is 23.8 Å². The van der Waals surface area contributed by atoms with Gasteiger partial charge < -0.3 is 9.09 Å². The van der Waals surface area contributed by atoms with Crippen molar-refractivity contribution in [3.8, 4) is 0 Å². The van der Waals surface area contributed by atoms with Crippen molar-refractivity contribution < 1.29 is 9.32 Å². The van der Waals surface area contributed by atoms with E-state index in [-0.39, 0.29) is 0 Å². The van der Waals surface area contributed by atoms with Crippen LogP contribution in [0.5, 0.6) is 0 Å². The number of carbonyl (C=O) groups is 1. The molecule has 96 valence electrons. The Bertz CT molecular complexity index is 727. The van der Waals surface area contributed by atoms with E-state index < -0.39 is 0 Å². The minimum Gasteiger partial charge on any atom is -0.340 e. The van der Waals surface area contributed by atoms with Crippen molar-refractivity contribution in [2.75, 3.05) is 0 Å². The maximum Gasteiger partial charge on any atom is 0.226 e. The first-order chi connectivity index (χ1) is 9.30. The van der Waals surface area contributed by atoms with Gasteiger partial charge >= 0.3 is 0 Å². The lowest BCUT2D eigenvalue weighted by atomic mass is 10.2. The third kappa shape index (κ3) is 2.14. The van der Waals surface area contributed by atoms with Crippen LogP contribution in [0, 0.1) is 0 Å². The van der Waals surface area contributed by atoms with Crippen molar-refractivity contribution in [2.45, 2.75) is 19.9 Å². The zero-order chi connectivity index (χ0) is 13.2. The number of hydrogen-bond donors (Lipinski definition) is 0. The van der Waals surface area contributed by atoms with Crippen molar-refractivity contribution in [3.63, 3.8) is 0 Å². The number of fused-ring (bicyclic) bond motifs is 1. The average molecular weight is 255 g/mol. The number of benzene rings is 1. The summed E-state index contributed by atoms with van der Waals surface area (Å²) in [6.45, 7) is 2.51. The molecular weight excluding hydrogens is 242 g/mol. The number of aldehydes is 1. The van der Waals surface area contributed by atoms with Gasteiger partial charge in [0.05, 0.1) is 6.54 Å². The molecule has 0 radical (unpaired) electrons. The molecule has 0 aliphatic rings. The molecule has 0 saturated carbocycles. The van der Waals surface area contributed by atoms with Gasteiger partial charge in [-0.15, -0.1) is 0 Å². The van der Waals surface area contributed by atoms with Crippen LogP contribution in [0.2, 0.25) is 0 Å². The summed E-state index contributed by atoms with van der Waals surface area (Å²) in [6, 6.07) is 7.61. The topological polar surface area (TPSA) is 60.9 Å². The van der Waals surface area contributed by atoms with Gasteiger partial charge in [0.2, 0.25) is 5.89 Å². The summed E-state index contributed by atoms with van der Waals surface area (Å²) < 4.78 is 7.10. The highest BCUT2D eigenvalue weighted by molar-refractivity contribution is 5.87. The Hall–Kier alpha value is -2.43. The first kappa shape index (κ1) is 11.6. The van der Waals surface area contributed by atoms with Crippen LogP contribution in [0.3, 0.4) is 0 Å². The minimum atomic E-state index is 0.537. The monoisotopic (exact) mass is 255 g/mol. The number of aryl methyl sites for hydroxylation is 1. The Morgan fingerprint density at radius 2 is 2.26 bits per heavy atom. The van der Waals surface area contributed by atoms with E-state index in [4.69, 9.17) is 4.52 Å². The van der Waals surface area contributed by atoms with Crippen LogP contribution in [-0.2, 0) is 13.0 Å². The van der Waals surface area contributed by atoms with E-state index >= 15 is 0 Å².